The van der Waals surface area contributed by atoms with E-state index in [1.165, 1.54) is 0 Å². The van der Waals surface area contributed by atoms with E-state index in [4.69, 9.17) is 40.7 Å². The van der Waals surface area contributed by atoms with Crippen molar-refractivity contribution in [3.63, 3.8) is 0 Å². The van der Waals surface area contributed by atoms with Crippen LogP contribution in [-0.2, 0) is 9.05 Å². The highest BCUT2D eigenvalue weighted by atomic mass is 31.3. The summed E-state index contributed by atoms with van der Waals surface area (Å²) in [4.78, 5) is 0. The third-order valence-electron chi connectivity index (χ3n) is 6.67. The summed E-state index contributed by atoms with van der Waals surface area (Å²) in [5, 5.41) is 0. The van der Waals surface area contributed by atoms with Crippen molar-refractivity contribution in [2.24, 2.45) is 13.5 Å². The molecule has 0 amide bonds. The second kappa shape index (κ2) is 18.1. The summed E-state index contributed by atoms with van der Waals surface area (Å²) in [5.74, 6) is 2.05. The van der Waals surface area contributed by atoms with Crippen molar-refractivity contribution in [3.8, 4) is 23.0 Å². The monoisotopic (exact) mass is 705 g/mol. The largest absolute Gasteiger partial charge is 0.459 e. The van der Waals surface area contributed by atoms with Crippen molar-refractivity contribution in [2.75, 3.05) is 13.2 Å². The van der Waals surface area contributed by atoms with Gasteiger partial charge in [0.25, 0.3) is 0 Å². The first kappa shape index (κ1) is 35.5. The van der Waals surface area contributed by atoms with E-state index >= 15 is 0 Å². The average Bonchev–Trinajstić information content (AvgIpc) is 3.09. The van der Waals surface area contributed by atoms with E-state index in [2.05, 4.69) is 13.2 Å². The molecule has 0 fully saturated rings. The Bertz CT molecular complexity index is 1650. The van der Waals surface area contributed by atoms with Crippen LogP contribution in [0.5, 0.6) is 23.0 Å². The second-order valence-corrected chi connectivity index (χ2v) is 16.9. The molecule has 0 spiro atoms. The molecule has 1 aliphatic rings. The number of hydrogen-bond donors (Lipinski definition) is 0. The lowest BCUT2D eigenvalue weighted by Gasteiger charge is -2.33. The smallest absolute Gasteiger partial charge is 0.422 e. The van der Waals surface area contributed by atoms with Gasteiger partial charge in [-0.3, -0.25) is 9.05 Å². The van der Waals surface area contributed by atoms with Gasteiger partial charge in [-0.2, -0.15) is 0 Å². The fourth-order valence-corrected chi connectivity index (χ4v) is 13.7. The maximum Gasteiger partial charge on any atom is 0.459 e. The van der Waals surface area contributed by atoms with Crippen LogP contribution in [0.25, 0.3) is 0 Å². The Morgan fingerprint density at radius 1 is 0.417 bits per heavy atom. The Labute approximate surface area is 284 Å². The zero-order chi connectivity index (χ0) is 33.4. The molecule has 48 heavy (non-hydrogen) atoms. The number of nitrogens with zero attached hydrogens (tertiary/aromatic N) is 3. The number of allylic oxidation sites excluding steroid dienone is 2. The molecule has 0 saturated heterocycles. The molecule has 0 radical (unpaired) electrons. The topological polar surface area (TPSA) is 92.5 Å². The summed E-state index contributed by atoms with van der Waals surface area (Å²) in [6, 6.07) is 37.3. The van der Waals surface area contributed by atoms with E-state index in [9.17, 15) is 0 Å². The minimum atomic E-state index is -3.75. The first-order chi connectivity index (χ1) is 23.6. The highest BCUT2D eigenvalue weighted by Gasteiger charge is 2.47. The molecule has 12 heteroatoms. The molecule has 0 aromatic heterocycles. The first-order valence-corrected chi connectivity index (χ1v) is 20.6. The van der Waals surface area contributed by atoms with Gasteiger partial charge in [-0.1, -0.05) is 84.9 Å². The summed E-state index contributed by atoms with van der Waals surface area (Å²) < 4.78 is 55.8. The second-order valence-electron chi connectivity index (χ2n) is 10.6. The third-order valence-corrected chi connectivity index (χ3v) is 14.9. The van der Waals surface area contributed by atoms with E-state index in [-0.39, 0.29) is 0 Å². The van der Waals surface area contributed by atoms with E-state index in [0.29, 0.717) is 36.2 Å². The molecule has 1 heterocycles. The van der Waals surface area contributed by atoms with Gasteiger partial charge in [0.05, 0.1) is 13.2 Å². The highest BCUT2D eigenvalue weighted by Crippen LogP contribution is 2.79. The molecule has 0 saturated carbocycles. The highest BCUT2D eigenvalue weighted by molar-refractivity contribution is 7.78. The van der Waals surface area contributed by atoms with E-state index in [1.54, 1.807) is 0 Å². The predicted octanol–water partition coefficient (Wildman–Crippen LogP) is 12.9. The molecule has 2 unspecified atom stereocenters. The van der Waals surface area contributed by atoms with Crippen LogP contribution in [0.15, 0.2) is 160 Å². The van der Waals surface area contributed by atoms with Gasteiger partial charge in [0.1, 0.15) is 23.0 Å². The van der Waals surface area contributed by atoms with Gasteiger partial charge in [-0.05, 0) is 87.1 Å². The molecular weight excluding hydrogens is 663 g/mol. The number of para-hydroxylation sites is 4. The van der Waals surface area contributed by atoms with Crippen LogP contribution < -0.4 is 18.1 Å². The average molecular weight is 706 g/mol. The Hall–Kier alpha value is -3.83. The van der Waals surface area contributed by atoms with Crippen LogP contribution in [0.1, 0.15) is 38.5 Å². The predicted molar refractivity (Wildman–Crippen MR) is 196 cm³/mol. The maximum absolute atomic E-state index is 6.73. The third kappa shape index (κ3) is 10.6. The molecule has 252 valence electrons. The molecule has 0 bridgehead atoms. The minimum Gasteiger partial charge on any atom is -0.422 e. The van der Waals surface area contributed by atoms with Gasteiger partial charge in [0.15, 0.2) is 0 Å². The fourth-order valence-electron chi connectivity index (χ4n) is 4.43. The Morgan fingerprint density at radius 3 is 1.04 bits per heavy atom. The lowest BCUT2D eigenvalue weighted by molar-refractivity contribution is 0.284. The maximum atomic E-state index is 6.73. The first-order valence-electron chi connectivity index (χ1n) is 16.0. The molecule has 0 N–H and O–H groups in total. The molecule has 0 aliphatic carbocycles. The quantitative estimate of drug-likeness (QED) is 0.0516. The van der Waals surface area contributed by atoms with Crippen LogP contribution in [0.4, 0.5) is 0 Å². The van der Waals surface area contributed by atoms with Crippen molar-refractivity contribution >= 4 is 23.0 Å². The van der Waals surface area contributed by atoms with Crippen LogP contribution >= 0.6 is 23.0 Å². The van der Waals surface area contributed by atoms with Gasteiger partial charge >= 0.3 is 23.0 Å². The van der Waals surface area contributed by atoms with E-state index in [1.807, 2.05) is 133 Å². The van der Waals surface area contributed by atoms with Gasteiger partial charge in [0, 0.05) is 0 Å². The van der Waals surface area contributed by atoms with Gasteiger partial charge in [-0.15, -0.1) is 26.7 Å². The van der Waals surface area contributed by atoms with Crippen LogP contribution in [0.2, 0.25) is 0 Å². The Morgan fingerprint density at radius 2 is 0.708 bits per heavy atom. The summed E-state index contributed by atoms with van der Waals surface area (Å²) >= 11 is 0. The molecule has 2 atom stereocenters. The number of unbranched alkanes of at least 4 members (excludes halogenated alkanes) is 4. The Kier molecular flexibility index (Phi) is 13.4. The standard InChI is InChI=1S/C36H42N3O6P3/c1-3-5-7-21-31-40-46(42-33-23-13-9-14-24-33)37-47(41-32-22-8-6-4-2,43-34-25-15-10-16-26-34)39-48(38-46,44-35-27-17-11-18-28-35)45-36-29-19-12-20-30-36/h3-4,9-20,23-30H,1-2,5-8,21-22,31-32H2. The SMILES string of the molecule is C=CCCCCOP1(Oc2ccccc2)=NP(OCCCCC=C)(Oc2ccccc2)=NP(Oc2ccccc2)(Oc2ccccc2)=N1. The Balaban J connectivity index is 1.75. The molecule has 1 aliphatic heterocycles. The summed E-state index contributed by atoms with van der Waals surface area (Å²) in [5.41, 5.74) is 0. The minimum absolute atomic E-state index is 0.308. The molecule has 4 aromatic rings. The fraction of sp³-hybridized carbons (Fsp3) is 0.222. The molecule has 5 rings (SSSR count). The van der Waals surface area contributed by atoms with Crippen molar-refractivity contribution in [3.05, 3.63) is 147 Å². The zero-order valence-corrected chi connectivity index (χ0v) is 29.6. The van der Waals surface area contributed by atoms with E-state index in [0.717, 1.165) is 38.5 Å². The molecular formula is C36H42N3O6P3. The van der Waals surface area contributed by atoms with Crippen molar-refractivity contribution < 1.29 is 27.1 Å². The van der Waals surface area contributed by atoms with Crippen LogP contribution in [0, 0.1) is 0 Å². The number of benzene rings is 4. The summed E-state index contributed by atoms with van der Waals surface area (Å²) in [7, 11) is -11.1. The van der Waals surface area contributed by atoms with Gasteiger partial charge < -0.3 is 18.1 Å². The molecule has 9 nitrogen and oxygen atoms in total. The van der Waals surface area contributed by atoms with Crippen molar-refractivity contribution in [1.29, 1.82) is 0 Å². The number of rotatable bonds is 20. The van der Waals surface area contributed by atoms with Gasteiger partial charge in [-0.25, -0.2) is 0 Å². The normalized spacial score (nSPS) is 19.4. The van der Waals surface area contributed by atoms with Crippen molar-refractivity contribution in [2.45, 2.75) is 38.5 Å². The number of hydrogen-bond acceptors (Lipinski definition) is 9. The van der Waals surface area contributed by atoms with Crippen LogP contribution in [0.3, 0.4) is 0 Å². The zero-order valence-electron chi connectivity index (χ0n) is 26.9. The molecule has 4 aromatic carbocycles. The summed E-state index contributed by atoms with van der Waals surface area (Å²) in [6.45, 7) is 8.32. The lowest BCUT2D eigenvalue weighted by Crippen LogP contribution is -2.10. The van der Waals surface area contributed by atoms with Crippen LogP contribution in [-0.4, -0.2) is 13.2 Å². The van der Waals surface area contributed by atoms with Gasteiger partial charge in [0.2, 0.25) is 0 Å². The van der Waals surface area contributed by atoms with Crippen molar-refractivity contribution in [1.82, 2.24) is 0 Å². The van der Waals surface area contributed by atoms with E-state index < -0.39 is 23.0 Å². The lowest BCUT2D eigenvalue weighted by atomic mass is 10.2. The summed E-state index contributed by atoms with van der Waals surface area (Å²) in [6.07, 6.45) is 8.69.